The van der Waals surface area contributed by atoms with Crippen molar-refractivity contribution in [2.45, 2.75) is 44.4 Å². The van der Waals surface area contributed by atoms with Crippen molar-refractivity contribution in [1.82, 2.24) is 14.9 Å². The molecule has 0 bridgehead atoms. The molecule has 1 saturated heterocycles. The maximum absolute atomic E-state index is 9.94. The van der Waals surface area contributed by atoms with Crippen LogP contribution in [-0.4, -0.2) is 33.3 Å². The summed E-state index contributed by atoms with van der Waals surface area (Å²) in [4.78, 5) is 4.43. The van der Waals surface area contributed by atoms with E-state index in [2.05, 4.69) is 36.9 Å². The second kappa shape index (κ2) is 9.08. The van der Waals surface area contributed by atoms with E-state index in [1.54, 1.807) is 0 Å². The third-order valence-electron chi connectivity index (χ3n) is 4.04. The van der Waals surface area contributed by atoms with E-state index >= 15 is 0 Å². The summed E-state index contributed by atoms with van der Waals surface area (Å²) in [6.07, 6.45) is 5.80. The summed E-state index contributed by atoms with van der Waals surface area (Å²) >= 11 is 3.47. The number of aliphatic hydroxyl groups is 1. The summed E-state index contributed by atoms with van der Waals surface area (Å²) in [7, 11) is 0. The molecule has 0 radical (unpaired) electrons. The van der Waals surface area contributed by atoms with Gasteiger partial charge in [0.05, 0.1) is 23.5 Å². The van der Waals surface area contributed by atoms with Gasteiger partial charge < -0.3 is 15.0 Å². The van der Waals surface area contributed by atoms with Crippen molar-refractivity contribution in [3.05, 3.63) is 29.0 Å². The number of hydrogen-bond acceptors (Lipinski definition) is 3. The molecular formula is C15H22BrCl2N3O. The summed E-state index contributed by atoms with van der Waals surface area (Å²) in [5.41, 5.74) is 2.19. The number of fused-ring (bicyclic) bond motifs is 1. The molecule has 4 nitrogen and oxygen atoms in total. The Morgan fingerprint density at radius 2 is 2.18 bits per heavy atom. The van der Waals surface area contributed by atoms with Gasteiger partial charge in [0.1, 0.15) is 0 Å². The average molecular weight is 411 g/mol. The lowest BCUT2D eigenvalue weighted by Crippen LogP contribution is -2.44. The molecule has 22 heavy (non-hydrogen) atoms. The third-order valence-corrected chi connectivity index (χ3v) is 4.54. The molecule has 3 rings (SSSR count). The Morgan fingerprint density at radius 1 is 1.36 bits per heavy atom. The molecule has 0 saturated carbocycles. The van der Waals surface area contributed by atoms with Gasteiger partial charge in [0.2, 0.25) is 0 Å². The molecule has 2 aromatic rings. The Hall–Kier alpha value is -0.330. The number of benzene rings is 1. The monoisotopic (exact) mass is 409 g/mol. The molecule has 7 heteroatoms. The Kier molecular flexibility index (Phi) is 8.14. The van der Waals surface area contributed by atoms with Gasteiger partial charge in [-0.25, -0.2) is 4.98 Å². The maximum atomic E-state index is 9.94. The van der Waals surface area contributed by atoms with Crippen molar-refractivity contribution >= 4 is 51.8 Å². The number of nitrogens with one attached hydrogen (secondary N) is 1. The Labute approximate surface area is 151 Å². The molecule has 1 aromatic heterocycles. The van der Waals surface area contributed by atoms with E-state index in [-0.39, 0.29) is 37.0 Å². The van der Waals surface area contributed by atoms with Crippen molar-refractivity contribution in [3.63, 3.8) is 0 Å². The number of imidazole rings is 1. The minimum atomic E-state index is -0.181. The van der Waals surface area contributed by atoms with E-state index < -0.39 is 0 Å². The summed E-state index contributed by atoms with van der Waals surface area (Å²) in [6, 6.07) is 6.44. The number of hydrogen-bond donors (Lipinski definition) is 2. The molecule has 0 amide bonds. The Balaban J connectivity index is 0.00000121. The molecule has 1 aliphatic heterocycles. The molecule has 1 aromatic carbocycles. The van der Waals surface area contributed by atoms with Crippen LogP contribution in [0, 0.1) is 0 Å². The second-order valence-corrected chi connectivity index (χ2v) is 6.40. The van der Waals surface area contributed by atoms with Crippen LogP contribution in [0.25, 0.3) is 11.0 Å². The quantitative estimate of drug-likeness (QED) is 0.810. The highest BCUT2D eigenvalue weighted by molar-refractivity contribution is 9.10. The summed E-state index contributed by atoms with van der Waals surface area (Å²) in [5.74, 6) is 0. The number of aryl methyl sites for hydroxylation is 1. The summed E-state index contributed by atoms with van der Waals surface area (Å²) < 4.78 is 3.25. The van der Waals surface area contributed by atoms with E-state index in [1.165, 1.54) is 5.52 Å². The van der Waals surface area contributed by atoms with Crippen LogP contribution in [0.3, 0.4) is 0 Å². The van der Waals surface area contributed by atoms with Gasteiger partial charge in [-0.3, -0.25) is 0 Å². The number of rotatable bonds is 4. The molecule has 0 unspecified atom stereocenters. The van der Waals surface area contributed by atoms with Crippen LogP contribution in [0.5, 0.6) is 0 Å². The van der Waals surface area contributed by atoms with Crippen LogP contribution in [0.2, 0.25) is 0 Å². The fourth-order valence-electron chi connectivity index (χ4n) is 2.93. The van der Waals surface area contributed by atoms with Crippen LogP contribution >= 0.6 is 40.7 Å². The largest absolute Gasteiger partial charge is 0.392 e. The first kappa shape index (κ1) is 19.7. The lowest BCUT2D eigenvalue weighted by molar-refractivity contribution is 0.0909. The molecule has 0 aliphatic carbocycles. The van der Waals surface area contributed by atoms with E-state index in [1.807, 2.05) is 18.5 Å². The molecule has 124 valence electrons. The van der Waals surface area contributed by atoms with Crippen molar-refractivity contribution in [2.75, 3.05) is 6.54 Å². The Morgan fingerprint density at radius 3 is 2.95 bits per heavy atom. The average Bonchev–Trinajstić information content (AvgIpc) is 2.83. The second-order valence-electron chi connectivity index (χ2n) is 5.48. The van der Waals surface area contributed by atoms with Crippen LogP contribution in [0.1, 0.15) is 25.7 Å². The minimum absolute atomic E-state index is 0. The highest BCUT2D eigenvalue weighted by atomic mass is 79.9. The van der Waals surface area contributed by atoms with Gasteiger partial charge in [-0.05, 0) is 50.4 Å². The SMILES string of the molecule is Cl.Cl.O[C@H]1CCCN[C@@H]1CCCn1cnc2cc(Br)ccc21. The molecule has 1 fully saturated rings. The van der Waals surface area contributed by atoms with Gasteiger partial charge in [0.15, 0.2) is 0 Å². The predicted molar refractivity (Wildman–Crippen MR) is 98.2 cm³/mol. The van der Waals surface area contributed by atoms with E-state index in [9.17, 15) is 5.11 Å². The summed E-state index contributed by atoms with van der Waals surface area (Å²) in [5, 5.41) is 13.4. The summed E-state index contributed by atoms with van der Waals surface area (Å²) in [6.45, 7) is 1.98. The molecular weight excluding hydrogens is 389 g/mol. The zero-order valence-electron chi connectivity index (χ0n) is 12.2. The third kappa shape index (κ3) is 4.59. The number of aliphatic hydroxyl groups excluding tert-OH is 1. The van der Waals surface area contributed by atoms with Crippen molar-refractivity contribution in [3.8, 4) is 0 Å². The highest BCUT2D eigenvalue weighted by Gasteiger charge is 2.21. The highest BCUT2D eigenvalue weighted by Crippen LogP contribution is 2.20. The fraction of sp³-hybridized carbons (Fsp3) is 0.533. The molecule has 0 spiro atoms. The minimum Gasteiger partial charge on any atom is -0.392 e. The predicted octanol–water partition coefficient (Wildman–Crippen LogP) is 3.54. The van der Waals surface area contributed by atoms with Crippen LogP contribution < -0.4 is 5.32 Å². The first-order chi connectivity index (χ1) is 9.74. The van der Waals surface area contributed by atoms with Crippen LogP contribution in [-0.2, 0) is 6.54 Å². The maximum Gasteiger partial charge on any atom is 0.0958 e. The molecule has 2 atom stereocenters. The topological polar surface area (TPSA) is 50.1 Å². The van der Waals surface area contributed by atoms with Gasteiger partial charge in [-0.1, -0.05) is 15.9 Å². The smallest absolute Gasteiger partial charge is 0.0958 e. The molecule has 2 heterocycles. The van der Waals surface area contributed by atoms with Gasteiger partial charge in [-0.15, -0.1) is 24.8 Å². The van der Waals surface area contributed by atoms with Crippen molar-refractivity contribution in [2.24, 2.45) is 0 Å². The van der Waals surface area contributed by atoms with E-state index in [4.69, 9.17) is 0 Å². The van der Waals surface area contributed by atoms with Crippen LogP contribution in [0.4, 0.5) is 0 Å². The van der Waals surface area contributed by atoms with Gasteiger partial charge in [0.25, 0.3) is 0 Å². The van der Waals surface area contributed by atoms with Gasteiger partial charge in [0, 0.05) is 17.1 Å². The lowest BCUT2D eigenvalue weighted by Gasteiger charge is -2.29. The zero-order valence-corrected chi connectivity index (χ0v) is 15.5. The molecule has 2 N–H and O–H groups in total. The van der Waals surface area contributed by atoms with E-state index in [0.717, 1.165) is 48.8 Å². The number of piperidine rings is 1. The normalized spacial score (nSPS) is 21.2. The van der Waals surface area contributed by atoms with E-state index in [0.29, 0.717) is 0 Å². The Bertz CT molecular complexity index is 593. The fourth-order valence-corrected chi connectivity index (χ4v) is 3.28. The number of nitrogens with zero attached hydrogens (tertiary/aromatic N) is 2. The number of aromatic nitrogens is 2. The zero-order chi connectivity index (χ0) is 13.9. The van der Waals surface area contributed by atoms with Gasteiger partial charge >= 0.3 is 0 Å². The standard InChI is InChI=1S/C15H20BrN3O.2ClH/c16-11-5-6-14-13(9-11)18-10-19(14)8-2-3-12-15(20)4-1-7-17-12;;/h5-6,9-10,12,15,17,20H,1-4,7-8H2;2*1H/t12-,15+;;/m1../s1. The van der Waals surface area contributed by atoms with Crippen molar-refractivity contribution < 1.29 is 5.11 Å². The number of halogens is 3. The van der Waals surface area contributed by atoms with Crippen LogP contribution in [0.15, 0.2) is 29.0 Å². The first-order valence-corrected chi connectivity index (χ1v) is 8.05. The molecule has 1 aliphatic rings. The van der Waals surface area contributed by atoms with Gasteiger partial charge in [-0.2, -0.15) is 0 Å². The lowest BCUT2D eigenvalue weighted by atomic mass is 9.97. The first-order valence-electron chi connectivity index (χ1n) is 7.26. The van der Waals surface area contributed by atoms with Crippen molar-refractivity contribution in [1.29, 1.82) is 0 Å².